The number of rotatable bonds is 5. The maximum atomic E-state index is 12.7. The second kappa shape index (κ2) is 7.16. The molecule has 0 fully saturated rings. The van der Waals surface area contributed by atoms with Gasteiger partial charge < -0.3 is 10.3 Å². The minimum atomic E-state index is -0.585. The Morgan fingerprint density at radius 3 is 2.19 bits per heavy atom. The number of ketones is 1. The number of carbonyl (C=O) groups is 2. The van der Waals surface area contributed by atoms with Gasteiger partial charge in [0.25, 0.3) is 11.7 Å². The molecule has 4 heteroatoms. The SMILES string of the molecule is Cc1[nH]c2ccccc2c1C(=O)C(=O)NC(C)c1ccc(C(C)C)cc1. The van der Waals surface area contributed by atoms with Crippen molar-refractivity contribution >= 4 is 22.6 Å². The number of para-hydroxylation sites is 1. The molecule has 0 aliphatic rings. The molecule has 2 N–H and O–H groups in total. The van der Waals surface area contributed by atoms with Crippen LogP contribution >= 0.6 is 0 Å². The topological polar surface area (TPSA) is 62.0 Å². The molecule has 1 aromatic heterocycles. The standard InChI is InChI=1S/C22H24N2O2/c1-13(2)16-9-11-17(12-10-16)14(3)24-22(26)21(25)20-15(4)23-19-8-6-5-7-18(19)20/h5-14,23H,1-4H3,(H,24,26). The first kappa shape index (κ1) is 17.9. The van der Waals surface area contributed by atoms with E-state index in [1.54, 1.807) is 0 Å². The Morgan fingerprint density at radius 1 is 0.923 bits per heavy atom. The van der Waals surface area contributed by atoms with Gasteiger partial charge in [-0.25, -0.2) is 0 Å². The van der Waals surface area contributed by atoms with E-state index in [1.165, 1.54) is 5.56 Å². The summed E-state index contributed by atoms with van der Waals surface area (Å²) in [6.07, 6.45) is 0. The molecule has 0 saturated heterocycles. The monoisotopic (exact) mass is 348 g/mol. The fourth-order valence-electron chi connectivity index (χ4n) is 3.20. The Kier molecular flexibility index (Phi) is 4.94. The van der Waals surface area contributed by atoms with Crippen LogP contribution in [-0.4, -0.2) is 16.7 Å². The second-order valence-corrected chi connectivity index (χ2v) is 7.02. The fourth-order valence-corrected chi connectivity index (χ4v) is 3.20. The quantitative estimate of drug-likeness (QED) is 0.520. The highest BCUT2D eigenvalue weighted by atomic mass is 16.2. The molecular weight excluding hydrogens is 324 g/mol. The van der Waals surface area contributed by atoms with Crippen molar-refractivity contribution < 1.29 is 9.59 Å². The summed E-state index contributed by atoms with van der Waals surface area (Å²) < 4.78 is 0. The van der Waals surface area contributed by atoms with Crippen molar-refractivity contribution in [3.05, 3.63) is 70.9 Å². The molecule has 3 aromatic rings. The van der Waals surface area contributed by atoms with Crippen molar-refractivity contribution in [3.8, 4) is 0 Å². The number of Topliss-reactive ketones (excluding diaryl/α,β-unsaturated/α-hetero) is 1. The Morgan fingerprint density at radius 2 is 1.54 bits per heavy atom. The van der Waals surface area contributed by atoms with Gasteiger partial charge in [-0.15, -0.1) is 0 Å². The van der Waals surface area contributed by atoms with Gasteiger partial charge in [-0.3, -0.25) is 9.59 Å². The number of hydrogen-bond donors (Lipinski definition) is 2. The third-order valence-electron chi connectivity index (χ3n) is 4.78. The lowest BCUT2D eigenvalue weighted by molar-refractivity contribution is -0.117. The number of benzene rings is 2. The molecule has 1 atom stereocenters. The summed E-state index contributed by atoms with van der Waals surface area (Å²) in [5.41, 5.74) is 4.24. The van der Waals surface area contributed by atoms with Crippen LogP contribution in [0, 0.1) is 6.92 Å². The molecule has 0 aliphatic carbocycles. The highest BCUT2D eigenvalue weighted by Gasteiger charge is 2.24. The lowest BCUT2D eigenvalue weighted by atomic mass is 9.99. The van der Waals surface area contributed by atoms with Crippen LogP contribution in [0.5, 0.6) is 0 Å². The van der Waals surface area contributed by atoms with Crippen LogP contribution in [0.15, 0.2) is 48.5 Å². The molecule has 2 aromatic carbocycles. The van der Waals surface area contributed by atoms with Crippen LogP contribution in [0.4, 0.5) is 0 Å². The first-order chi connectivity index (χ1) is 12.4. The molecule has 134 valence electrons. The molecule has 0 radical (unpaired) electrons. The third kappa shape index (κ3) is 3.40. The van der Waals surface area contributed by atoms with Crippen molar-refractivity contribution in [3.63, 3.8) is 0 Å². The molecule has 26 heavy (non-hydrogen) atoms. The van der Waals surface area contributed by atoms with E-state index >= 15 is 0 Å². The number of fused-ring (bicyclic) bond motifs is 1. The average molecular weight is 348 g/mol. The molecule has 1 amide bonds. The summed E-state index contributed by atoms with van der Waals surface area (Å²) in [7, 11) is 0. The Labute approximate surface area is 153 Å². The van der Waals surface area contributed by atoms with E-state index in [-0.39, 0.29) is 6.04 Å². The molecule has 0 spiro atoms. The van der Waals surface area contributed by atoms with E-state index in [4.69, 9.17) is 0 Å². The van der Waals surface area contributed by atoms with Crippen molar-refractivity contribution in [1.82, 2.24) is 10.3 Å². The summed E-state index contributed by atoms with van der Waals surface area (Å²) in [5, 5.41) is 3.60. The van der Waals surface area contributed by atoms with Crippen molar-refractivity contribution in [1.29, 1.82) is 0 Å². The van der Waals surface area contributed by atoms with Gasteiger partial charge in [0, 0.05) is 16.6 Å². The first-order valence-electron chi connectivity index (χ1n) is 8.91. The maximum Gasteiger partial charge on any atom is 0.292 e. The lowest BCUT2D eigenvalue weighted by Crippen LogP contribution is -2.33. The zero-order valence-corrected chi connectivity index (χ0v) is 15.6. The summed E-state index contributed by atoms with van der Waals surface area (Å²) in [5.74, 6) is -0.635. The lowest BCUT2D eigenvalue weighted by Gasteiger charge is -2.15. The third-order valence-corrected chi connectivity index (χ3v) is 4.78. The molecule has 1 unspecified atom stereocenters. The number of hydrogen-bond acceptors (Lipinski definition) is 2. The first-order valence-corrected chi connectivity index (χ1v) is 8.91. The van der Waals surface area contributed by atoms with Crippen molar-refractivity contribution in [2.24, 2.45) is 0 Å². The number of nitrogens with one attached hydrogen (secondary N) is 2. The van der Waals surface area contributed by atoms with E-state index in [2.05, 4.69) is 36.3 Å². The molecule has 0 saturated carbocycles. The number of aryl methyl sites for hydroxylation is 1. The predicted octanol–water partition coefficient (Wildman–Crippen LogP) is 4.66. The van der Waals surface area contributed by atoms with Crippen molar-refractivity contribution in [2.75, 3.05) is 0 Å². The van der Waals surface area contributed by atoms with Gasteiger partial charge in [0.2, 0.25) is 0 Å². The molecule has 0 bridgehead atoms. The van der Waals surface area contributed by atoms with Crippen LogP contribution in [0.25, 0.3) is 10.9 Å². The minimum absolute atomic E-state index is 0.238. The van der Waals surface area contributed by atoms with Gasteiger partial charge in [-0.1, -0.05) is 56.3 Å². The zero-order valence-electron chi connectivity index (χ0n) is 15.6. The summed E-state index contributed by atoms with van der Waals surface area (Å²) in [6, 6.07) is 15.4. The largest absolute Gasteiger partial charge is 0.358 e. The summed E-state index contributed by atoms with van der Waals surface area (Å²) in [6.45, 7) is 7.98. The van der Waals surface area contributed by atoms with Gasteiger partial charge in [0.1, 0.15) is 0 Å². The molecule has 4 nitrogen and oxygen atoms in total. The molecule has 1 heterocycles. The zero-order chi connectivity index (χ0) is 18.8. The minimum Gasteiger partial charge on any atom is -0.358 e. The second-order valence-electron chi connectivity index (χ2n) is 7.02. The summed E-state index contributed by atoms with van der Waals surface area (Å²) in [4.78, 5) is 28.4. The maximum absolute atomic E-state index is 12.7. The number of amides is 1. The van der Waals surface area contributed by atoms with Gasteiger partial charge >= 0.3 is 0 Å². The van der Waals surface area contributed by atoms with Crippen LogP contribution in [0.1, 0.15) is 59.9 Å². The predicted molar refractivity (Wildman–Crippen MR) is 104 cm³/mol. The van der Waals surface area contributed by atoms with Crippen LogP contribution < -0.4 is 5.32 Å². The van der Waals surface area contributed by atoms with Gasteiger partial charge in [-0.2, -0.15) is 0 Å². The van der Waals surface area contributed by atoms with E-state index in [9.17, 15) is 9.59 Å². The average Bonchev–Trinajstić information content (AvgIpc) is 2.96. The van der Waals surface area contributed by atoms with Gasteiger partial charge in [0.05, 0.1) is 11.6 Å². The summed E-state index contributed by atoms with van der Waals surface area (Å²) >= 11 is 0. The van der Waals surface area contributed by atoms with E-state index in [1.807, 2.05) is 50.2 Å². The van der Waals surface area contributed by atoms with E-state index in [0.29, 0.717) is 17.2 Å². The highest BCUT2D eigenvalue weighted by Crippen LogP contribution is 2.23. The van der Waals surface area contributed by atoms with Gasteiger partial charge in [-0.05, 0) is 37.0 Å². The Bertz CT molecular complexity index is 952. The van der Waals surface area contributed by atoms with Crippen LogP contribution in [0.3, 0.4) is 0 Å². The Hall–Kier alpha value is -2.88. The van der Waals surface area contributed by atoms with Crippen molar-refractivity contribution in [2.45, 2.75) is 39.7 Å². The highest BCUT2D eigenvalue weighted by molar-refractivity contribution is 6.45. The molecular formula is C22H24N2O2. The smallest absolute Gasteiger partial charge is 0.292 e. The number of H-pyrrole nitrogens is 1. The fraction of sp³-hybridized carbons (Fsp3) is 0.273. The van der Waals surface area contributed by atoms with Crippen LogP contribution in [-0.2, 0) is 4.79 Å². The number of aromatic nitrogens is 1. The van der Waals surface area contributed by atoms with E-state index in [0.717, 1.165) is 16.5 Å². The Balaban J connectivity index is 1.78. The van der Waals surface area contributed by atoms with Crippen LogP contribution in [0.2, 0.25) is 0 Å². The number of carbonyl (C=O) groups excluding carboxylic acids is 2. The molecule has 3 rings (SSSR count). The van der Waals surface area contributed by atoms with E-state index < -0.39 is 11.7 Å². The number of aromatic amines is 1. The van der Waals surface area contributed by atoms with Gasteiger partial charge in [0.15, 0.2) is 0 Å². The normalized spacial score (nSPS) is 12.3. The molecule has 0 aliphatic heterocycles.